The van der Waals surface area contributed by atoms with Gasteiger partial charge >= 0.3 is 5.97 Å². The van der Waals surface area contributed by atoms with Crippen LogP contribution in [-0.4, -0.2) is 44.0 Å². The van der Waals surface area contributed by atoms with E-state index >= 15 is 0 Å². The van der Waals surface area contributed by atoms with Gasteiger partial charge < -0.3 is 9.84 Å². The van der Waals surface area contributed by atoms with Gasteiger partial charge in [-0.1, -0.05) is 6.92 Å². The van der Waals surface area contributed by atoms with E-state index in [0.29, 0.717) is 18.7 Å². The fourth-order valence-corrected chi connectivity index (χ4v) is 2.46. The lowest BCUT2D eigenvalue weighted by Gasteiger charge is -2.25. The van der Waals surface area contributed by atoms with Gasteiger partial charge in [-0.05, 0) is 49.5 Å². The SMILES string of the molecule is CCC(C)(C(=O)O)n1nnnc1CCC1CCCCO1. The molecule has 0 aliphatic carbocycles. The molecule has 7 nitrogen and oxygen atoms in total. The predicted octanol–water partition coefficient (Wildman–Crippen LogP) is 1.38. The van der Waals surface area contributed by atoms with Crippen molar-refractivity contribution in [1.29, 1.82) is 0 Å². The largest absolute Gasteiger partial charge is 0.479 e. The van der Waals surface area contributed by atoms with Crippen LogP contribution in [0.25, 0.3) is 0 Å². The van der Waals surface area contributed by atoms with Crippen LogP contribution in [0.1, 0.15) is 51.8 Å². The van der Waals surface area contributed by atoms with Crippen molar-refractivity contribution in [2.75, 3.05) is 6.61 Å². The van der Waals surface area contributed by atoms with E-state index < -0.39 is 11.5 Å². The van der Waals surface area contributed by atoms with Gasteiger partial charge in [-0.15, -0.1) is 5.10 Å². The van der Waals surface area contributed by atoms with Gasteiger partial charge in [0.15, 0.2) is 11.4 Å². The number of nitrogens with zero attached hydrogens (tertiary/aromatic N) is 4. The summed E-state index contributed by atoms with van der Waals surface area (Å²) < 4.78 is 7.12. The van der Waals surface area contributed by atoms with E-state index in [1.165, 1.54) is 11.1 Å². The van der Waals surface area contributed by atoms with Crippen LogP contribution in [0.15, 0.2) is 0 Å². The molecule has 0 aromatic carbocycles. The van der Waals surface area contributed by atoms with Gasteiger partial charge in [0, 0.05) is 13.0 Å². The highest BCUT2D eigenvalue weighted by atomic mass is 16.5. The molecule has 0 spiro atoms. The minimum Gasteiger partial charge on any atom is -0.479 e. The molecule has 112 valence electrons. The Kier molecular flexibility index (Phi) is 4.69. The van der Waals surface area contributed by atoms with Crippen molar-refractivity contribution in [2.24, 2.45) is 0 Å². The van der Waals surface area contributed by atoms with Crippen LogP contribution in [-0.2, 0) is 21.5 Å². The van der Waals surface area contributed by atoms with Crippen LogP contribution in [0, 0.1) is 0 Å². The second-order valence-electron chi connectivity index (χ2n) is 5.47. The minimum absolute atomic E-state index is 0.242. The number of aryl methyl sites for hydroxylation is 1. The second kappa shape index (κ2) is 6.30. The molecular formula is C13H22N4O3. The average molecular weight is 282 g/mol. The van der Waals surface area contributed by atoms with Gasteiger partial charge in [0.2, 0.25) is 0 Å². The van der Waals surface area contributed by atoms with Crippen molar-refractivity contribution >= 4 is 5.97 Å². The summed E-state index contributed by atoms with van der Waals surface area (Å²) in [4.78, 5) is 11.5. The lowest BCUT2D eigenvalue weighted by molar-refractivity contribution is -0.147. The number of rotatable bonds is 6. The Balaban J connectivity index is 2.06. The van der Waals surface area contributed by atoms with Crippen molar-refractivity contribution in [3.63, 3.8) is 0 Å². The molecule has 1 aromatic rings. The average Bonchev–Trinajstić information content (AvgIpc) is 2.94. The van der Waals surface area contributed by atoms with Crippen LogP contribution in [0.5, 0.6) is 0 Å². The number of hydrogen-bond donors (Lipinski definition) is 1. The molecule has 1 saturated heterocycles. The lowest BCUT2D eigenvalue weighted by atomic mass is 9.98. The summed E-state index contributed by atoms with van der Waals surface area (Å²) in [5.41, 5.74) is -1.09. The van der Waals surface area contributed by atoms with Gasteiger partial charge in [-0.2, -0.15) is 0 Å². The van der Waals surface area contributed by atoms with Crippen LogP contribution >= 0.6 is 0 Å². The first-order valence-electron chi connectivity index (χ1n) is 7.20. The monoisotopic (exact) mass is 282 g/mol. The minimum atomic E-state index is -1.09. The second-order valence-corrected chi connectivity index (χ2v) is 5.47. The van der Waals surface area contributed by atoms with E-state index in [9.17, 15) is 9.90 Å². The van der Waals surface area contributed by atoms with Gasteiger partial charge in [0.05, 0.1) is 6.10 Å². The number of tetrazole rings is 1. The number of carbonyl (C=O) groups is 1. The molecule has 2 atom stereocenters. The number of aromatic nitrogens is 4. The summed E-state index contributed by atoms with van der Waals surface area (Å²) in [7, 11) is 0. The standard InChI is InChI=1S/C13H22N4O3/c1-3-13(2,12(18)19)17-11(14-15-16-17)8-7-10-6-4-5-9-20-10/h10H,3-9H2,1-2H3,(H,18,19). The highest BCUT2D eigenvalue weighted by molar-refractivity contribution is 5.76. The molecule has 1 aromatic heterocycles. The number of ether oxygens (including phenoxy) is 1. The molecule has 1 aliphatic rings. The maximum absolute atomic E-state index is 11.5. The Morgan fingerprint density at radius 2 is 2.35 bits per heavy atom. The van der Waals surface area contributed by atoms with Crippen molar-refractivity contribution in [3.8, 4) is 0 Å². The number of carboxylic acid groups (broad SMARTS) is 1. The highest BCUT2D eigenvalue weighted by Gasteiger charge is 2.36. The molecule has 2 heterocycles. The third kappa shape index (κ3) is 2.98. The van der Waals surface area contributed by atoms with E-state index in [2.05, 4.69) is 15.5 Å². The summed E-state index contributed by atoms with van der Waals surface area (Å²) in [5.74, 6) is -0.298. The topological polar surface area (TPSA) is 90.1 Å². The third-order valence-corrected chi connectivity index (χ3v) is 4.11. The molecule has 0 radical (unpaired) electrons. The van der Waals surface area contributed by atoms with Crippen LogP contribution in [0.3, 0.4) is 0 Å². The molecule has 1 aliphatic heterocycles. The molecule has 0 bridgehead atoms. The van der Waals surface area contributed by atoms with Crippen LogP contribution in [0.4, 0.5) is 0 Å². The fraction of sp³-hybridized carbons (Fsp3) is 0.846. The van der Waals surface area contributed by atoms with Crippen molar-refractivity contribution < 1.29 is 14.6 Å². The molecule has 1 fully saturated rings. The van der Waals surface area contributed by atoms with Crippen molar-refractivity contribution in [3.05, 3.63) is 5.82 Å². The lowest BCUT2D eigenvalue weighted by Crippen LogP contribution is -2.40. The maximum atomic E-state index is 11.5. The summed E-state index contributed by atoms with van der Waals surface area (Å²) in [5, 5.41) is 20.9. The Bertz CT molecular complexity index is 456. The Hall–Kier alpha value is -1.50. The quantitative estimate of drug-likeness (QED) is 0.847. The zero-order valence-electron chi connectivity index (χ0n) is 12.1. The number of hydrogen-bond acceptors (Lipinski definition) is 5. The van der Waals surface area contributed by atoms with Crippen LogP contribution < -0.4 is 0 Å². The molecule has 20 heavy (non-hydrogen) atoms. The summed E-state index contributed by atoms with van der Waals surface area (Å²) in [6.07, 6.45) is 5.52. The molecule has 0 amide bonds. The summed E-state index contributed by atoms with van der Waals surface area (Å²) in [6.45, 7) is 4.29. The number of carboxylic acids is 1. The van der Waals surface area contributed by atoms with E-state index in [1.54, 1.807) is 6.92 Å². The molecule has 2 unspecified atom stereocenters. The Morgan fingerprint density at radius 1 is 1.55 bits per heavy atom. The maximum Gasteiger partial charge on any atom is 0.331 e. The molecule has 7 heteroatoms. The van der Waals surface area contributed by atoms with E-state index in [0.717, 1.165) is 25.9 Å². The summed E-state index contributed by atoms with van der Waals surface area (Å²) >= 11 is 0. The molecule has 2 rings (SSSR count). The zero-order chi connectivity index (χ0) is 14.6. The van der Waals surface area contributed by atoms with Gasteiger partial charge in [-0.3, -0.25) is 0 Å². The molecule has 0 saturated carbocycles. The molecule has 1 N–H and O–H groups in total. The van der Waals surface area contributed by atoms with E-state index in [4.69, 9.17) is 4.74 Å². The Labute approximate surface area is 118 Å². The normalized spacial score (nSPS) is 22.4. The molecular weight excluding hydrogens is 260 g/mol. The van der Waals surface area contributed by atoms with Crippen LogP contribution in [0.2, 0.25) is 0 Å². The van der Waals surface area contributed by atoms with Gasteiger partial charge in [0.25, 0.3) is 0 Å². The smallest absolute Gasteiger partial charge is 0.331 e. The first-order chi connectivity index (χ1) is 9.58. The zero-order valence-corrected chi connectivity index (χ0v) is 12.1. The van der Waals surface area contributed by atoms with E-state index in [1.807, 2.05) is 6.92 Å². The van der Waals surface area contributed by atoms with Crippen molar-refractivity contribution in [1.82, 2.24) is 20.2 Å². The predicted molar refractivity (Wildman–Crippen MR) is 71.3 cm³/mol. The first kappa shape index (κ1) is 14.9. The Morgan fingerprint density at radius 3 is 2.95 bits per heavy atom. The third-order valence-electron chi connectivity index (χ3n) is 4.11. The van der Waals surface area contributed by atoms with Crippen molar-refractivity contribution in [2.45, 2.75) is 64.0 Å². The van der Waals surface area contributed by atoms with Gasteiger partial charge in [0.1, 0.15) is 0 Å². The van der Waals surface area contributed by atoms with Gasteiger partial charge in [-0.25, -0.2) is 9.48 Å². The number of aliphatic carboxylic acids is 1. The summed E-state index contributed by atoms with van der Waals surface area (Å²) in [6, 6.07) is 0. The fourth-order valence-electron chi connectivity index (χ4n) is 2.46. The first-order valence-corrected chi connectivity index (χ1v) is 7.20. The highest BCUT2D eigenvalue weighted by Crippen LogP contribution is 2.22. The van der Waals surface area contributed by atoms with E-state index in [-0.39, 0.29) is 6.10 Å².